The van der Waals surface area contributed by atoms with Crippen LogP contribution in [0.15, 0.2) is 36.7 Å². The third kappa shape index (κ3) is 1.95. The molecule has 2 saturated heterocycles. The van der Waals surface area contributed by atoms with Gasteiger partial charge in [-0.2, -0.15) is 4.79 Å². The molecule has 0 aromatic heterocycles. The number of carbonyl (C=O) groups is 1. The van der Waals surface area contributed by atoms with Crippen molar-refractivity contribution in [2.45, 2.75) is 31.5 Å². The maximum Gasteiger partial charge on any atom is 0.516 e. The smallest absolute Gasteiger partial charge is 0.420 e. The van der Waals surface area contributed by atoms with Gasteiger partial charge in [-0.1, -0.05) is 24.3 Å². The Morgan fingerprint density at radius 1 is 1.44 bits per heavy atom. The molecule has 5 atom stereocenters. The van der Waals surface area contributed by atoms with Crippen molar-refractivity contribution < 1.29 is 19.1 Å². The zero-order chi connectivity index (χ0) is 18.6. The Hall–Kier alpha value is -2.05. The molecule has 27 heavy (non-hydrogen) atoms. The lowest BCUT2D eigenvalue weighted by Crippen LogP contribution is -2.69. The van der Waals surface area contributed by atoms with Crippen LogP contribution in [0, 0.1) is 11.8 Å². The van der Waals surface area contributed by atoms with Gasteiger partial charge in [-0.05, 0) is 18.9 Å². The Morgan fingerprint density at radius 3 is 3.11 bits per heavy atom. The van der Waals surface area contributed by atoms with Gasteiger partial charge in [0.2, 0.25) is 0 Å². The number of aliphatic hydroxyl groups is 1. The number of nitrogens with zero attached hydrogens (tertiary/aromatic N) is 2. The molecule has 0 radical (unpaired) electrons. The molecule has 144 valence electrons. The zero-order valence-electron chi connectivity index (χ0n) is 15.8. The van der Waals surface area contributed by atoms with E-state index in [1.165, 1.54) is 11.1 Å². The van der Waals surface area contributed by atoms with Crippen LogP contribution in [0.3, 0.4) is 0 Å². The van der Waals surface area contributed by atoms with Crippen molar-refractivity contribution in [3.05, 3.63) is 47.8 Å². The van der Waals surface area contributed by atoms with Crippen molar-refractivity contribution in [3.63, 3.8) is 0 Å². The molecule has 4 aliphatic heterocycles. The summed E-state index contributed by atoms with van der Waals surface area (Å²) >= 11 is 0. The van der Waals surface area contributed by atoms with Crippen molar-refractivity contribution in [2.24, 2.45) is 11.8 Å². The summed E-state index contributed by atoms with van der Waals surface area (Å²) in [7, 11) is 0. The lowest BCUT2D eigenvalue weighted by Gasteiger charge is -2.47. The van der Waals surface area contributed by atoms with Gasteiger partial charge in [-0.3, -0.25) is 0 Å². The highest BCUT2D eigenvalue weighted by Crippen LogP contribution is 2.62. The monoisotopic (exact) mass is 370 g/mol. The van der Waals surface area contributed by atoms with Gasteiger partial charge in [0.05, 0.1) is 26.3 Å². The van der Waals surface area contributed by atoms with Crippen LogP contribution in [-0.4, -0.2) is 59.6 Å². The van der Waals surface area contributed by atoms with E-state index >= 15 is 0 Å². The zero-order valence-corrected chi connectivity index (χ0v) is 15.8. The second-order valence-electron chi connectivity index (χ2n) is 8.27. The van der Waals surface area contributed by atoms with E-state index in [4.69, 9.17) is 4.74 Å². The minimum Gasteiger partial charge on any atom is -0.420 e. The highest BCUT2D eigenvalue weighted by Gasteiger charge is 2.78. The number of nitrogens with one attached hydrogen (secondary N) is 1. The number of benzene rings is 1. The molecule has 2 bridgehead atoms. The van der Waals surface area contributed by atoms with E-state index in [0.717, 1.165) is 25.9 Å². The van der Waals surface area contributed by atoms with Gasteiger partial charge in [0.25, 0.3) is 0 Å². The third-order valence-corrected chi connectivity index (χ3v) is 7.42. The molecule has 1 aromatic rings. The first-order valence-electron chi connectivity index (χ1n) is 10.1. The number of fused-ring (bicyclic) bond motifs is 2. The maximum absolute atomic E-state index is 13.5. The largest absolute Gasteiger partial charge is 0.516 e. The normalized spacial score (nSPS) is 38.4. The minimum atomic E-state index is -0.434. The summed E-state index contributed by atoms with van der Waals surface area (Å²) in [4.78, 5) is 15.8. The highest BCUT2D eigenvalue weighted by atomic mass is 16.6. The molecule has 6 nitrogen and oxygen atoms in total. The number of hydrogen-bond acceptors (Lipinski definition) is 5. The summed E-state index contributed by atoms with van der Waals surface area (Å²) in [5, 5.41) is 13.8. The van der Waals surface area contributed by atoms with E-state index in [0.29, 0.717) is 17.6 Å². The van der Waals surface area contributed by atoms with E-state index in [9.17, 15) is 9.90 Å². The van der Waals surface area contributed by atoms with Gasteiger partial charge in [0, 0.05) is 42.8 Å². The molecule has 4 heterocycles. The SMILES string of the molecule is CCOC(=O)[N+]12CCC(C(CO)C1)C21c2ccccc2CCN2C=CNC21. The third-order valence-electron chi connectivity index (χ3n) is 7.42. The number of amides is 1. The van der Waals surface area contributed by atoms with E-state index in [2.05, 4.69) is 40.7 Å². The van der Waals surface area contributed by atoms with Gasteiger partial charge in [-0.15, -0.1) is 0 Å². The van der Waals surface area contributed by atoms with Crippen LogP contribution in [0.1, 0.15) is 24.5 Å². The van der Waals surface area contributed by atoms with E-state index in [1.807, 2.05) is 13.1 Å². The molecule has 5 rings (SSSR count). The summed E-state index contributed by atoms with van der Waals surface area (Å²) in [6.45, 7) is 4.73. The summed E-state index contributed by atoms with van der Waals surface area (Å²) < 4.78 is 5.95. The van der Waals surface area contributed by atoms with Crippen LogP contribution in [0.4, 0.5) is 4.79 Å². The molecule has 4 aliphatic rings. The number of carbonyl (C=O) groups excluding carboxylic acids is 1. The van der Waals surface area contributed by atoms with Gasteiger partial charge in [0.15, 0.2) is 11.7 Å². The van der Waals surface area contributed by atoms with E-state index < -0.39 is 5.54 Å². The molecule has 1 spiro atoms. The number of ether oxygens (including phenoxy) is 1. The van der Waals surface area contributed by atoms with Crippen LogP contribution in [0.25, 0.3) is 0 Å². The topological polar surface area (TPSA) is 61.8 Å². The molecule has 0 saturated carbocycles. The Kier molecular flexibility index (Phi) is 3.78. The lowest BCUT2D eigenvalue weighted by molar-refractivity contribution is -0.899. The number of hydrogen-bond donors (Lipinski definition) is 2. The number of quaternary nitrogens is 1. The van der Waals surface area contributed by atoms with Crippen LogP contribution in [-0.2, 0) is 16.7 Å². The molecule has 1 aromatic carbocycles. The van der Waals surface area contributed by atoms with Gasteiger partial charge < -0.3 is 20.1 Å². The maximum atomic E-state index is 13.5. The van der Waals surface area contributed by atoms with Crippen molar-refractivity contribution in [2.75, 3.05) is 32.8 Å². The molecule has 5 unspecified atom stereocenters. The van der Waals surface area contributed by atoms with Crippen molar-refractivity contribution in [1.29, 1.82) is 0 Å². The Balaban J connectivity index is 1.79. The minimum absolute atomic E-state index is 0.00889. The van der Waals surface area contributed by atoms with Gasteiger partial charge in [-0.25, -0.2) is 4.48 Å². The summed E-state index contributed by atoms with van der Waals surface area (Å²) in [5.41, 5.74) is 2.15. The van der Waals surface area contributed by atoms with Crippen LogP contribution in [0.5, 0.6) is 0 Å². The number of piperidine rings is 1. The predicted octanol–water partition coefficient (Wildman–Crippen LogP) is 1.76. The van der Waals surface area contributed by atoms with Gasteiger partial charge in [0.1, 0.15) is 0 Å². The Morgan fingerprint density at radius 2 is 2.30 bits per heavy atom. The molecular formula is C21H28N3O3+. The molecular weight excluding hydrogens is 342 g/mol. The van der Waals surface area contributed by atoms with Crippen LogP contribution < -0.4 is 5.32 Å². The Bertz CT molecular complexity index is 797. The lowest BCUT2D eigenvalue weighted by atomic mass is 9.72. The molecule has 6 heteroatoms. The summed E-state index contributed by atoms with van der Waals surface area (Å²) in [5.74, 6) is 0.351. The van der Waals surface area contributed by atoms with E-state index in [-0.39, 0.29) is 30.7 Å². The molecule has 2 fully saturated rings. The summed E-state index contributed by atoms with van der Waals surface area (Å²) in [6.07, 6.45) is 5.89. The highest BCUT2D eigenvalue weighted by molar-refractivity contribution is 5.63. The first-order chi connectivity index (χ1) is 13.2. The fourth-order valence-corrected chi connectivity index (χ4v) is 6.58. The first kappa shape index (κ1) is 17.1. The second-order valence-corrected chi connectivity index (χ2v) is 8.27. The predicted molar refractivity (Wildman–Crippen MR) is 100 cm³/mol. The second kappa shape index (κ2) is 5.97. The fourth-order valence-electron chi connectivity index (χ4n) is 6.58. The number of rotatable bonds is 2. The first-order valence-corrected chi connectivity index (χ1v) is 10.1. The van der Waals surface area contributed by atoms with Crippen molar-refractivity contribution in [1.82, 2.24) is 10.2 Å². The van der Waals surface area contributed by atoms with Crippen molar-refractivity contribution >= 4 is 6.09 Å². The molecule has 0 aliphatic carbocycles. The fraction of sp³-hybridized carbons (Fsp3) is 0.571. The average molecular weight is 370 g/mol. The molecule has 1 amide bonds. The standard InChI is InChI=1S/C21H28N3O3/c1-2-27-20(26)24-12-8-18(16(13-24)14-25)21(24)17-6-4-3-5-15(17)7-10-23-11-9-22-19(21)23/h3-6,9,11,16,18-19,22,25H,2,7-8,10,12-14H2,1H3/q+1. The summed E-state index contributed by atoms with van der Waals surface area (Å²) in [6, 6.07) is 8.60. The number of aliphatic hydroxyl groups excluding tert-OH is 1. The average Bonchev–Trinajstić information content (AvgIpc) is 3.33. The van der Waals surface area contributed by atoms with E-state index in [1.54, 1.807) is 0 Å². The van der Waals surface area contributed by atoms with Gasteiger partial charge >= 0.3 is 6.09 Å². The van der Waals surface area contributed by atoms with Crippen molar-refractivity contribution in [3.8, 4) is 0 Å². The van der Waals surface area contributed by atoms with Crippen LogP contribution in [0.2, 0.25) is 0 Å². The quantitative estimate of drug-likeness (QED) is 0.777. The molecule has 2 N–H and O–H groups in total. The van der Waals surface area contributed by atoms with Crippen LogP contribution >= 0.6 is 0 Å². The Labute approximate surface area is 160 Å².